The molecule has 1 aromatic carbocycles. The van der Waals surface area contributed by atoms with E-state index in [1.165, 1.54) is 10.9 Å². The summed E-state index contributed by atoms with van der Waals surface area (Å²) < 4.78 is 11.5. The van der Waals surface area contributed by atoms with Crippen LogP contribution in [0.4, 0.5) is 0 Å². The van der Waals surface area contributed by atoms with Crippen LogP contribution in [0.15, 0.2) is 30.6 Å². The van der Waals surface area contributed by atoms with Crippen LogP contribution in [0.5, 0.6) is 5.75 Å². The Labute approximate surface area is 161 Å². The number of nitrogens with zero attached hydrogens (tertiary/aromatic N) is 2. The molecule has 0 spiro atoms. The van der Waals surface area contributed by atoms with Gasteiger partial charge in [-0.15, -0.1) is 12.4 Å². The first-order chi connectivity index (χ1) is 12.1. The summed E-state index contributed by atoms with van der Waals surface area (Å²) in [7, 11) is 5.90. The third kappa shape index (κ3) is 4.47. The van der Waals surface area contributed by atoms with E-state index in [1.54, 1.807) is 7.11 Å². The van der Waals surface area contributed by atoms with Crippen LogP contribution in [0.1, 0.15) is 24.8 Å². The molecule has 0 radical (unpaired) electrons. The van der Waals surface area contributed by atoms with Gasteiger partial charge in [-0.25, -0.2) is 0 Å². The van der Waals surface area contributed by atoms with Crippen molar-refractivity contribution in [3.8, 4) is 5.75 Å². The van der Waals surface area contributed by atoms with Crippen molar-refractivity contribution in [1.29, 1.82) is 0 Å². The van der Waals surface area contributed by atoms with Crippen molar-refractivity contribution in [2.45, 2.75) is 19.3 Å². The molecule has 2 heterocycles. The lowest BCUT2D eigenvalue weighted by atomic mass is 9.98. The Bertz CT molecular complexity index is 848. The van der Waals surface area contributed by atoms with E-state index in [2.05, 4.69) is 48.0 Å². The van der Waals surface area contributed by atoms with Crippen LogP contribution in [-0.2, 0) is 4.74 Å². The van der Waals surface area contributed by atoms with Gasteiger partial charge in [0.2, 0.25) is 0 Å². The van der Waals surface area contributed by atoms with E-state index in [9.17, 15) is 0 Å². The number of benzene rings is 1. The number of halogens is 1. The molecule has 0 saturated carbocycles. The van der Waals surface area contributed by atoms with E-state index in [-0.39, 0.29) is 18.3 Å². The molecular weight excluding hydrogens is 350 g/mol. The normalized spacial score (nSPS) is 12.5. The van der Waals surface area contributed by atoms with E-state index in [0.29, 0.717) is 13.2 Å². The Kier molecular flexibility index (Phi) is 7.26. The number of fused-ring (bicyclic) bond motifs is 3. The van der Waals surface area contributed by atoms with Crippen LogP contribution in [0.2, 0.25) is 0 Å². The number of methoxy groups -OCH3 is 1. The molecule has 0 fully saturated rings. The molecule has 6 heteroatoms. The molecule has 0 aliphatic heterocycles. The maximum absolute atomic E-state index is 6.14. The second kappa shape index (κ2) is 9.21. The zero-order valence-corrected chi connectivity index (χ0v) is 16.7. The molecule has 2 aromatic heterocycles. The topological polar surface area (TPSA) is 50.4 Å². The van der Waals surface area contributed by atoms with Gasteiger partial charge in [0.1, 0.15) is 5.75 Å². The number of nitrogens with one attached hydrogen (secondary N) is 1. The van der Waals surface area contributed by atoms with Crippen molar-refractivity contribution >= 4 is 34.2 Å². The summed E-state index contributed by atoms with van der Waals surface area (Å²) in [5, 5.41) is 2.32. The van der Waals surface area contributed by atoms with Crippen molar-refractivity contribution < 1.29 is 9.47 Å². The van der Waals surface area contributed by atoms with Gasteiger partial charge in [0, 0.05) is 54.3 Å². The van der Waals surface area contributed by atoms with E-state index in [1.807, 2.05) is 18.5 Å². The third-order valence-electron chi connectivity index (χ3n) is 4.49. The predicted octanol–water partition coefficient (Wildman–Crippen LogP) is 4.22. The van der Waals surface area contributed by atoms with Gasteiger partial charge in [0.25, 0.3) is 0 Å². The van der Waals surface area contributed by atoms with Gasteiger partial charge in [-0.2, -0.15) is 0 Å². The van der Waals surface area contributed by atoms with E-state index in [0.717, 1.165) is 35.1 Å². The van der Waals surface area contributed by atoms with Gasteiger partial charge in [0.15, 0.2) is 0 Å². The van der Waals surface area contributed by atoms with Crippen molar-refractivity contribution in [2.24, 2.45) is 0 Å². The summed E-state index contributed by atoms with van der Waals surface area (Å²) in [4.78, 5) is 9.90. The largest absolute Gasteiger partial charge is 0.493 e. The third-order valence-corrected chi connectivity index (χ3v) is 4.49. The maximum Gasteiger partial charge on any atom is 0.124 e. The molecule has 0 amide bonds. The van der Waals surface area contributed by atoms with E-state index >= 15 is 0 Å². The van der Waals surface area contributed by atoms with Crippen LogP contribution in [0, 0.1) is 0 Å². The number of ether oxygens (including phenoxy) is 2. The lowest BCUT2D eigenvalue weighted by Crippen LogP contribution is -2.16. The summed E-state index contributed by atoms with van der Waals surface area (Å²) >= 11 is 0. The number of pyridine rings is 1. The Morgan fingerprint density at radius 3 is 2.73 bits per heavy atom. The Morgan fingerprint density at radius 1 is 1.19 bits per heavy atom. The molecule has 0 aliphatic rings. The average molecular weight is 378 g/mol. The minimum absolute atomic E-state index is 0. The lowest BCUT2D eigenvalue weighted by molar-refractivity contribution is 0.182. The molecule has 3 aromatic rings. The zero-order chi connectivity index (χ0) is 17.8. The standard InChI is InChI=1S/C20H27N3O2.ClH/c1-14(13-24-4)15-10-16-17-12-21-7-6-18(17)22-19(16)11-20(15)25-9-5-8-23(2)3;/h6-7,10-12,14,22H,5,8-9,13H2,1-4H3;1H. The minimum atomic E-state index is 0. The predicted molar refractivity (Wildman–Crippen MR) is 110 cm³/mol. The fourth-order valence-corrected chi connectivity index (χ4v) is 3.20. The average Bonchev–Trinajstić information content (AvgIpc) is 2.95. The Morgan fingerprint density at radius 2 is 2.00 bits per heavy atom. The number of H-pyrrole nitrogens is 1. The first kappa shape index (κ1) is 20.5. The molecular formula is C20H28ClN3O2. The SMILES string of the molecule is COCC(C)c1cc2c(cc1OCCCN(C)C)[nH]c1ccncc12.Cl. The molecule has 1 N–H and O–H groups in total. The molecule has 0 saturated heterocycles. The van der Waals surface area contributed by atoms with Crippen LogP contribution in [-0.4, -0.2) is 55.8 Å². The Balaban J connectivity index is 0.00000243. The first-order valence-corrected chi connectivity index (χ1v) is 8.76. The number of rotatable bonds is 8. The monoisotopic (exact) mass is 377 g/mol. The molecule has 0 aliphatic carbocycles. The summed E-state index contributed by atoms with van der Waals surface area (Å²) in [6, 6.07) is 6.35. The van der Waals surface area contributed by atoms with Crippen LogP contribution in [0.25, 0.3) is 21.8 Å². The van der Waals surface area contributed by atoms with Gasteiger partial charge in [-0.1, -0.05) is 6.92 Å². The quantitative estimate of drug-likeness (QED) is 0.597. The smallest absolute Gasteiger partial charge is 0.124 e. The second-order valence-electron chi connectivity index (χ2n) is 6.84. The molecule has 0 bridgehead atoms. The zero-order valence-electron chi connectivity index (χ0n) is 15.9. The van der Waals surface area contributed by atoms with Crippen molar-refractivity contribution in [2.75, 3.05) is 41.0 Å². The minimum Gasteiger partial charge on any atom is -0.493 e. The fourth-order valence-electron chi connectivity index (χ4n) is 3.20. The maximum atomic E-state index is 6.14. The highest BCUT2D eigenvalue weighted by Crippen LogP contribution is 2.35. The first-order valence-electron chi connectivity index (χ1n) is 8.76. The van der Waals surface area contributed by atoms with Gasteiger partial charge < -0.3 is 19.4 Å². The highest BCUT2D eigenvalue weighted by molar-refractivity contribution is 6.07. The van der Waals surface area contributed by atoms with Gasteiger partial charge in [-0.3, -0.25) is 4.98 Å². The molecule has 26 heavy (non-hydrogen) atoms. The molecule has 5 nitrogen and oxygen atoms in total. The fraction of sp³-hybridized carbons (Fsp3) is 0.450. The van der Waals surface area contributed by atoms with Crippen molar-refractivity contribution in [1.82, 2.24) is 14.9 Å². The summed E-state index contributed by atoms with van der Waals surface area (Å²) in [5.74, 6) is 1.20. The van der Waals surface area contributed by atoms with Crippen LogP contribution >= 0.6 is 12.4 Å². The molecule has 3 rings (SSSR count). The highest BCUT2D eigenvalue weighted by atomic mass is 35.5. The van der Waals surface area contributed by atoms with Gasteiger partial charge in [-0.05, 0) is 38.2 Å². The number of aromatic amines is 1. The highest BCUT2D eigenvalue weighted by Gasteiger charge is 2.16. The number of hydrogen-bond donors (Lipinski definition) is 1. The van der Waals surface area contributed by atoms with E-state index < -0.39 is 0 Å². The van der Waals surface area contributed by atoms with Gasteiger partial charge in [0.05, 0.1) is 18.7 Å². The van der Waals surface area contributed by atoms with Crippen molar-refractivity contribution in [3.63, 3.8) is 0 Å². The summed E-state index contributed by atoms with van der Waals surface area (Å²) in [5.41, 5.74) is 3.36. The summed E-state index contributed by atoms with van der Waals surface area (Å²) in [6.07, 6.45) is 4.72. The van der Waals surface area contributed by atoms with Gasteiger partial charge >= 0.3 is 0 Å². The lowest BCUT2D eigenvalue weighted by Gasteiger charge is -2.18. The molecule has 1 atom stereocenters. The molecule has 142 valence electrons. The molecule has 1 unspecified atom stereocenters. The number of hydrogen-bond acceptors (Lipinski definition) is 4. The van der Waals surface area contributed by atoms with E-state index in [4.69, 9.17) is 9.47 Å². The van der Waals surface area contributed by atoms with Crippen molar-refractivity contribution in [3.05, 3.63) is 36.2 Å². The Hall–Kier alpha value is -1.82. The van der Waals surface area contributed by atoms with Crippen LogP contribution in [0.3, 0.4) is 0 Å². The second-order valence-corrected chi connectivity index (χ2v) is 6.84. The number of aromatic nitrogens is 2. The summed E-state index contributed by atoms with van der Waals surface area (Å²) in [6.45, 7) is 4.56. The van der Waals surface area contributed by atoms with Crippen LogP contribution < -0.4 is 4.74 Å².